The van der Waals surface area contributed by atoms with Gasteiger partial charge < -0.3 is 14.6 Å². The molecular weight excluding hydrogens is 753 g/mol. The van der Waals surface area contributed by atoms with Crippen LogP contribution in [0.4, 0.5) is 0 Å². The first-order valence-corrected chi connectivity index (χ1v) is 28.1. The summed E-state index contributed by atoms with van der Waals surface area (Å²) in [4.78, 5) is 24.3. The lowest BCUT2D eigenvalue weighted by Gasteiger charge is -2.15. The van der Waals surface area contributed by atoms with Crippen molar-refractivity contribution in [2.45, 2.75) is 335 Å². The van der Waals surface area contributed by atoms with Crippen molar-refractivity contribution in [1.82, 2.24) is 0 Å². The van der Waals surface area contributed by atoms with Crippen molar-refractivity contribution in [3.63, 3.8) is 0 Å². The van der Waals surface area contributed by atoms with Crippen LogP contribution in [-0.4, -0.2) is 36.4 Å². The molecule has 0 aliphatic carbocycles. The summed E-state index contributed by atoms with van der Waals surface area (Å²) in [7, 11) is 0. The van der Waals surface area contributed by atoms with Crippen molar-refractivity contribution >= 4 is 11.9 Å². The molecule has 0 aromatic carbocycles. The van der Waals surface area contributed by atoms with Gasteiger partial charge in [0.2, 0.25) is 0 Å². The largest absolute Gasteiger partial charge is 0.462 e. The fourth-order valence-electron chi connectivity index (χ4n) is 8.91. The minimum atomic E-state index is -0.762. The minimum absolute atomic E-state index is 0.0573. The number of unbranched alkanes of at least 4 members (excludes halogenated alkanes) is 45. The molecule has 0 heterocycles. The second-order valence-corrected chi connectivity index (χ2v) is 19.4. The van der Waals surface area contributed by atoms with Crippen LogP contribution in [-0.2, 0) is 19.1 Å². The van der Waals surface area contributed by atoms with Crippen molar-refractivity contribution in [2.75, 3.05) is 13.2 Å². The number of hydrogen-bond donors (Lipinski definition) is 1. The number of aliphatic hydroxyl groups is 1. The summed E-state index contributed by atoms with van der Waals surface area (Å²) in [5.41, 5.74) is 0. The number of carbonyl (C=O) groups is 2. The summed E-state index contributed by atoms with van der Waals surface area (Å²) in [6.07, 6.45) is 64.1. The molecule has 5 heteroatoms. The van der Waals surface area contributed by atoms with Gasteiger partial charge in [0, 0.05) is 12.8 Å². The van der Waals surface area contributed by atoms with E-state index in [1.807, 2.05) is 0 Å². The SMILES string of the molecule is CCCCCCCCCCCCCCCCCCCCCCCCCCCCCCCCCCCCCCCCC(=O)OC(CO)COC(=O)CCCCCCCCCCC. The van der Waals surface area contributed by atoms with Crippen LogP contribution in [0, 0.1) is 0 Å². The first-order valence-electron chi connectivity index (χ1n) is 28.1. The first kappa shape index (κ1) is 59.9. The molecule has 0 amide bonds. The zero-order valence-electron chi connectivity index (χ0n) is 41.7. The van der Waals surface area contributed by atoms with Crippen LogP contribution >= 0.6 is 0 Å². The predicted octanol–water partition coefficient (Wildman–Crippen LogP) is 18.6. The van der Waals surface area contributed by atoms with Gasteiger partial charge in [0.05, 0.1) is 6.61 Å². The maximum atomic E-state index is 12.2. The molecule has 0 aliphatic rings. The smallest absolute Gasteiger partial charge is 0.306 e. The third-order valence-corrected chi connectivity index (χ3v) is 13.2. The minimum Gasteiger partial charge on any atom is -0.462 e. The van der Waals surface area contributed by atoms with Gasteiger partial charge in [-0.2, -0.15) is 0 Å². The molecule has 0 saturated heterocycles. The van der Waals surface area contributed by atoms with Crippen LogP contribution in [0.5, 0.6) is 0 Å². The molecule has 0 radical (unpaired) electrons. The molecule has 1 atom stereocenters. The Kier molecular flexibility index (Phi) is 52.3. The standard InChI is InChI=1S/C56H110O5/c1-3-5-7-9-11-13-14-15-16-17-18-19-20-21-22-23-24-25-26-27-28-29-30-31-32-33-34-35-36-37-38-39-40-41-43-45-47-49-51-56(59)61-54(52-57)53-60-55(58)50-48-46-44-42-12-10-8-6-4-2/h54,57H,3-53H2,1-2H3. The van der Waals surface area contributed by atoms with Crippen molar-refractivity contribution in [3.05, 3.63) is 0 Å². The van der Waals surface area contributed by atoms with E-state index < -0.39 is 6.10 Å². The quantitative estimate of drug-likeness (QED) is 0.0487. The van der Waals surface area contributed by atoms with Gasteiger partial charge in [0.25, 0.3) is 0 Å². The van der Waals surface area contributed by atoms with Crippen LogP contribution in [0.2, 0.25) is 0 Å². The normalized spacial score (nSPS) is 12.0. The van der Waals surface area contributed by atoms with Crippen LogP contribution < -0.4 is 0 Å². The van der Waals surface area contributed by atoms with Gasteiger partial charge in [-0.15, -0.1) is 0 Å². The summed E-state index contributed by atoms with van der Waals surface area (Å²) in [5, 5.41) is 9.58. The van der Waals surface area contributed by atoms with Gasteiger partial charge >= 0.3 is 11.9 Å². The highest BCUT2D eigenvalue weighted by atomic mass is 16.6. The Bertz CT molecular complexity index is 845. The third-order valence-electron chi connectivity index (χ3n) is 13.2. The molecule has 0 rings (SSSR count). The van der Waals surface area contributed by atoms with Crippen molar-refractivity contribution in [1.29, 1.82) is 0 Å². The van der Waals surface area contributed by atoms with Crippen LogP contribution in [0.1, 0.15) is 328 Å². The summed E-state index contributed by atoms with van der Waals surface area (Å²) in [6, 6.07) is 0. The highest BCUT2D eigenvalue weighted by molar-refractivity contribution is 5.70. The predicted molar refractivity (Wildman–Crippen MR) is 266 cm³/mol. The Hall–Kier alpha value is -1.10. The lowest BCUT2D eigenvalue weighted by atomic mass is 10.0. The molecule has 0 bridgehead atoms. The van der Waals surface area contributed by atoms with Crippen molar-refractivity contribution < 1.29 is 24.2 Å². The number of carbonyl (C=O) groups excluding carboxylic acids is 2. The lowest BCUT2D eigenvalue weighted by molar-refractivity contribution is -0.161. The van der Waals surface area contributed by atoms with Crippen LogP contribution in [0.25, 0.3) is 0 Å². The summed E-state index contributed by atoms with van der Waals surface area (Å²) in [5.74, 6) is -0.574. The highest BCUT2D eigenvalue weighted by Crippen LogP contribution is 2.18. The van der Waals surface area contributed by atoms with E-state index in [0.717, 1.165) is 38.5 Å². The number of ether oxygens (including phenoxy) is 2. The second-order valence-electron chi connectivity index (χ2n) is 19.4. The zero-order valence-corrected chi connectivity index (χ0v) is 41.7. The molecule has 364 valence electrons. The Morgan fingerprint density at radius 3 is 0.721 bits per heavy atom. The lowest BCUT2D eigenvalue weighted by Crippen LogP contribution is -2.28. The third kappa shape index (κ3) is 51.4. The van der Waals surface area contributed by atoms with Gasteiger partial charge in [0.1, 0.15) is 6.61 Å². The topological polar surface area (TPSA) is 72.8 Å². The Morgan fingerprint density at radius 1 is 0.311 bits per heavy atom. The van der Waals surface area contributed by atoms with E-state index in [0.29, 0.717) is 12.8 Å². The van der Waals surface area contributed by atoms with Crippen LogP contribution in [0.15, 0.2) is 0 Å². The summed E-state index contributed by atoms with van der Waals surface area (Å²) >= 11 is 0. The van der Waals surface area contributed by atoms with Gasteiger partial charge in [-0.1, -0.05) is 303 Å². The van der Waals surface area contributed by atoms with Gasteiger partial charge in [-0.25, -0.2) is 0 Å². The molecule has 0 fully saturated rings. The van der Waals surface area contributed by atoms with E-state index in [9.17, 15) is 14.7 Å². The van der Waals surface area contributed by atoms with Gasteiger partial charge in [-0.05, 0) is 12.8 Å². The molecule has 0 aliphatic heterocycles. The molecule has 1 unspecified atom stereocenters. The van der Waals surface area contributed by atoms with Gasteiger partial charge in [0.15, 0.2) is 6.10 Å². The number of esters is 2. The van der Waals surface area contributed by atoms with Crippen molar-refractivity contribution in [2.24, 2.45) is 0 Å². The molecular formula is C56H110O5. The zero-order chi connectivity index (χ0) is 44.2. The average Bonchev–Trinajstić information content (AvgIpc) is 3.26. The Morgan fingerprint density at radius 2 is 0.508 bits per heavy atom. The number of hydrogen-bond acceptors (Lipinski definition) is 5. The van der Waals surface area contributed by atoms with E-state index in [2.05, 4.69) is 13.8 Å². The summed E-state index contributed by atoms with van der Waals surface area (Å²) < 4.78 is 10.6. The van der Waals surface area contributed by atoms with E-state index in [4.69, 9.17) is 9.47 Å². The maximum absolute atomic E-state index is 12.2. The molecule has 0 saturated carbocycles. The molecule has 0 aromatic rings. The number of rotatable bonds is 53. The summed E-state index contributed by atoms with van der Waals surface area (Å²) in [6.45, 7) is 4.16. The Balaban J connectivity index is 3.29. The van der Waals surface area contributed by atoms with E-state index in [1.54, 1.807) is 0 Å². The molecule has 0 aromatic heterocycles. The molecule has 0 spiro atoms. The van der Waals surface area contributed by atoms with Gasteiger partial charge in [-0.3, -0.25) is 9.59 Å². The monoisotopic (exact) mass is 863 g/mol. The fraction of sp³-hybridized carbons (Fsp3) is 0.964. The highest BCUT2D eigenvalue weighted by Gasteiger charge is 2.16. The maximum Gasteiger partial charge on any atom is 0.306 e. The van der Waals surface area contributed by atoms with E-state index >= 15 is 0 Å². The van der Waals surface area contributed by atoms with Crippen LogP contribution in [0.3, 0.4) is 0 Å². The van der Waals surface area contributed by atoms with E-state index in [1.165, 1.54) is 263 Å². The molecule has 5 nitrogen and oxygen atoms in total. The molecule has 1 N–H and O–H groups in total. The number of aliphatic hydroxyl groups excluding tert-OH is 1. The van der Waals surface area contributed by atoms with E-state index in [-0.39, 0.29) is 25.2 Å². The Labute approximate surface area is 382 Å². The average molecular weight is 863 g/mol. The molecule has 61 heavy (non-hydrogen) atoms. The first-order chi connectivity index (χ1) is 30.1. The van der Waals surface area contributed by atoms with Crippen molar-refractivity contribution in [3.8, 4) is 0 Å². The fourth-order valence-corrected chi connectivity index (χ4v) is 8.91. The second kappa shape index (κ2) is 53.2.